The van der Waals surface area contributed by atoms with E-state index in [1.165, 1.54) is 6.07 Å². The van der Waals surface area contributed by atoms with Crippen LogP contribution in [0.1, 0.15) is 62.4 Å². The van der Waals surface area contributed by atoms with Crippen LogP contribution < -0.4 is 5.32 Å². The fraction of sp³-hybridized carbons (Fsp3) is 0.538. The van der Waals surface area contributed by atoms with Crippen molar-refractivity contribution < 1.29 is 22.3 Å². The van der Waals surface area contributed by atoms with Crippen molar-refractivity contribution in [3.05, 3.63) is 65.2 Å². The minimum atomic E-state index is -4.39. The number of rotatable bonds is 4. The molecule has 2 aliphatic rings. The highest BCUT2D eigenvalue weighted by Gasteiger charge is 2.44. The van der Waals surface area contributed by atoms with Crippen LogP contribution in [-0.4, -0.2) is 21.0 Å². The molecule has 2 aliphatic heterocycles. The SMILES string of the molecule is CC(C)(C)[Si](C)(C)OC[C@H]1CC[C@@H]2[C@H](O1)c1cc(C(F)(F)F)ccc1N[C@H]2c1ccccc1. The van der Waals surface area contributed by atoms with E-state index in [0.29, 0.717) is 17.9 Å². The van der Waals surface area contributed by atoms with Gasteiger partial charge in [-0.3, -0.25) is 0 Å². The fourth-order valence-corrected chi connectivity index (χ4v) is 5.60. The monoisotopic (exact) mass is 477 g/mol. The maximum absolute atomic E-state index is 13.5. The summed E-state index contributed by atoms with van der Waals surface area (Å²) >= 11 is 0. The van der Waals surface area contributed by atoms with Crippen molar-refractivity contribution in [3.8, 4) is 0 Å². The molecule has 7 heteroatoms. The summed E-state index contributed by atoms with van der Waals surface area (Å²) in [5, 5.41) is 3.60. The van der Waals surface area contributed by atoms with Gasteiger partial charge >= 0.3 is 6.18 Å². The van der Waals surface area contributed by atoms with Crippen molar-refractivity contribution in [2.45, 2.75) is 76.2 Å². The second-order valence-corrected chi connectivity index (χ2v) is 15.6. The molecule has 2 heterocycles. The molecule has 1 fully saturated rings. The highest BCUT2D eigenvalue weighted by molar-refractivity contribution is 6.74. The van der Waals surface area contributed by atoms with Gasteiger partial charge in [0.2, 0.25) is 0 Å². The largest absolute Gasteiger partial charge is 0.416 e. The molecular formula is C26H34F3NO2Si. The highest BCUT2D eigenvalue weighted by atomic mass is 28.4. The van der Waals surface area contributed by atoms with Crippen LogP contribution in [0, 0.1) is 5.92 Å². The van der Waals surface area contributed by atoms with Crippen LogP contribution in [0.2, 0.25) is 18.1 Å². The van der Waals surface area contributed by atoms with Crippen LogP contribution >= 0.6 is 0 Å². The zero-order chi connectivity index (χ0) is 24.0. The van der Waals surface area contributed by atoms with Gasteiger partial charge in [-0.2, -0.15) is 13.2 Å². The molecule has 3 nitrogen and oxygen atoms in total. The molecule has 0 spiro atoms. The molecule has 4 atom stereocenters. The van der Waals surface area contributed by atoms with Gasteiger partial charge in [0.1, 0.15) is 0 Å². The molecule has 0 saturated carbocycles. The summed E-state index contributed by atoms with van der Waals surface area (Å²) in [5.74, 6) is 0.0486. The molecule has 0 amide bonds. The highest BCUT2D eigenvalue weighted by Crippen LogP contribution is 2.51. The quantitative estimate of drug-likeness (QED) is 0.457. The fourth-order valence-electron chi connectivity index (χ4n) is 4.56. The van der Waals surface area contributed by atoms with Gasteiger partial charge in [0.15, 0.2) is 8.32 Å². The maximum atomic E-state index is 13.5. The number of anilines is 1. The number of hydrogen-bond donors (Lipinski definition) is 1. The molecule has 0 bridgehead atoms. The van der Waals surface area contributed by atoms with E-state index in [0.717, 1.165) is 24.5 Å². The Bertz CT molecular complexity index is 972. The number of alkyl halides is 3. The summed E-state index contributed by atoms with van der Waals surface area (Å²) in [5.41, 5.74) is 1.80. The van der Waals surface area contributed by atoms with Crippen molar-refractivity contribution in [2.75, 3.05) is 11.9 Å². The van der Waals surface area contributed by atoms with Crippen molar-refractivity contribution in [2.24, 2.45) is 5.92 Å². The molecule has 4 rings (SSSR count). The van der Waals surface area contributed by atoms with Crippen LogP contribution in [0.25, 0.3) is 0 Å². The number of fused-ring (bicyclic) bond motifs is 3. The van der Waals surface area contributed by atoms with Crippen molar-refractivity contribution in [1.82, 2.24) is 0 Å². The van der Waals surface area contributed by atoms with Crippen molar-refractivity contribution >= 4 is 14.0 Å². The topological polar surface area (TPSA) is 30.5 Å². The first-order valence-corrected chi connectivity index (χ1v) is 14.6. The summed E-state index contributed by atoms with van der Waals surface area (Å²) in [4.78, 5) is 0. The Hall–Kier alpha value is -1.83. The molecular weight excluding hydrogens is 443 g/mol. The molecule has 2 aromatic rings. The molecule has 0 aliphatic carbocycles. The van der Waals surface area contributed by atoms with E-state index in [9.17, 15) is 13.2 Å². The van der Waals surface area contributed by atoms with Gasteiger partial charge in [0.25, 0.3) is 0 Å². The molecule has 180 valence electrons. The van der Waals surface area contributed by atoms with E-state index in [2.05, 4.69) is 51.3 Å². The predicted molar refractivity (Wildman–Crippen MR) is 128 cm³/mol. The molecule has 0 unspecified atom stereocenters. The van der Waals surface area contributed by atoms with Gasteiger partial charge in [-0.05, 0) is 54.7 Å². The summed E-state index contributed by atoms with van der Waals surface area (Å²) < 4.78 is 53.4. The predicted octanol–water partition coefficient (Wildman–Crippen LogP) is 7.73. The van der Waals surface area contributed by atoms with Gasteiger partial charge in [-0.25, -0.2) is 0 Å². The Morgan fingerprint density at radius 2 is 1.73 bits per heavy atom. The molecule has 0 aromatic heterocycles. The summed E-state index contributed by atoms with van der Waals surface area (Å²) in [6, 6.07) is 14.0. The van der Waals surface area contributed by atoms with E-state index in [-0.39, 0.29) is 23.1 Å². The minimum absolute atomic E-state index is 0.0114. The lowest BCUT2D eigenvalue weighted by molar-refractivity contribution is -0.138. The second kappa shape index (κ2) is 8.75. The lowest BCUT2D eigenvalue weighted by Gasteiger charge is -2.46. The smallest absolute Gasteiger partial charge is 0.414 e. The van der Waals surface area contributed by atoms with Crippen LogP contribution in [0.5, 0.6) is 0 Å². The Morgan fingerprint density at radius 3 is 2.36 bits per heavy atom. The maximum Gasteiger partial charge on any atom is 0.416 e. The average molecular weight is 478 g/mol. The molecule has 1 N–H and O–H groups in total. The third-order valence-corrected chi connectivity index (χ3v) is 12.1. The van der Waals surface area contributed by atoms with Crippen LogP contribution in [0.15, 0.2) is 48.5 Å². The number of nitrogens with one attached hydrogen (secondary N) is 1. The minimum Gasteiger partial charge on any atom is -0.414 e. The first kappa shape index (κ1) is 24.3. The van der Waals surface area contributed by atoms with Crippen molar-refractivity contribution in [1.29, 1.82) is 0 Å². The molecule has 33 heavy (non-hydrogen) atoms. The molecule has 0 radical (unpaired) electrons. The van der Waals surface area contributed by atoms with Gasteiger partial charge in [-0.1, -0.05) is 51.1 Å². The lowest BCUT2D eigenvalue weighted by atomic mass is 9.76. The number of ether oxygens (including phenoxy) is 1. The first-order valence-electron chi connectivity index (χ1n) is 11.7. The van der Waals surface area contributed by atoms with E-state index >= 15 is 0 Å². The average Bonchev–Trinajstić information content (AvgIpc) is 2.76. The van der Waals surface area contributed by atoms with Gasteiger partial charge in [0, 0.05) is 17.2 Å². The Labute approximate surface area is 195 Å². The second-order valence-electron chi connectivity index (χ2n) is 10.8. The summed E-state index contributed by atoms with van der Waals surface area (Å²) in [6.07, 6.45) is -3.23. The Morgan fingerprint density at radius 1 is 1.03 bits per heavy atom. The van der Waals surface area contributed by atoms with Crippen LogP contribution in [-0.2, 0) is 15.3 Å². The zero-order valence-electron chi connectivity index (χ0n) is 20.0. The standard InChI is InChI=1S/C26H34F3NO2Si/c1-25(2,3)33(4,5)31-16-19-12-13-20-23(17-9-7-6-8-10-17)30-22-14-11-18(26(27,28)29)15-21(22)24(20)32-19/h6-11,14-15,19-20,23-24,30H,12-13,16H2,1-5H3/t19-,20+,23+,24+/m1/s1. The van der Waals surface area contributed by atoms with Crippen LogP contribution in [0.4, 0.5) is 18.9 Å². The van der Waals surface area contributed by atoms with E-state index < -0.39 is 26.2 Å². The summed E-state index contributed by atoms with van der Waals surface area (Å²) in [7, 11) is -1.95. The number of hydrogen-bond acceptors (Lipinski definition) is 3. The lowest BCUT2D eigenvalue weighted by Crippen LogP contribution is -2.45. The van der Waals surface area contributed by atoms with E-state index in [4.69, 9.17) is 9.16 Å². The van der Waals surface area contributed by atoms with E-state index in [1.54, 1.807) is 6.07 Å². The van der Waals surface area contributed by atoms with Gasteiger partial charge in [-0.15, -0.1) is 0 Å². The third kappa shape index (κ3) is 5.00. The normalized spacial score (nSPS) is 25.7. The zero-order valence-corrected chi connectivity index (χ0v) is 21.0. The van der Waals surface area contributed by atoms with Gasteiger partial charge < -0.3 is 14.5 Å². The number of benzene rings is 2. The Kier molecular flexibility index (Phi) is 6.44. The third-order valence-electron chi connectivity index (χ3n) is 7.57. The molecule has 2 aromatic carbocycles. The van der Waals surface area contributed by atoms with Crippen LogP contribution in [0.3, 0.4) is 0 Å². The van der Waals surface area contributed by atoms with Gasteiger partial charge in [0.05, 0.1) is 30.4 Å². The van der Waals surface area contributed by atoms with Crippen molar-refractivity contribution in [3.63, 3.8) is 0 Å². The Balaban J connectivity index is 1.63. The summed E-state index contributed by atoms with van der Waals surface area (Å²) in [6.45, 7) is 11.5. The first-order chi connectivity index (χ1) is 15.4. The molecule has 1 saturated heterocycles. The number of halogens is 3. The van der Waals surface area contributed by atoms with E-state index in [1.807, 2.05) is 18.2 Å².